The SMILES string of the molecule is Cc1cccc(NC(=O)CC2CSc3nc4[nH]ncc4c(=O)n32)n1. The first-order valence-corrected chi connectivity index (χ1v) is 8.42. The highest BCUT2D eigenvalue weighted by Crippen LogP contribution is 2.32. The molecule has 1 aliphatic rings. The number of anilines is 1. The molecule has 8 nitrogen and oxygen atoms in total. The summed E-state index contributed by atoms with van der Waals surface area (Å²) < 4.78 is 1.59. The fourth-order valence-electron chi connectivity index (χ4n) is 2.73. The molecule has 2 N–H and O–H groups in total. The summed E-state index contributed by atoms with van der Waals surface area (Å²) in [6, 6.07) is 5.21. The Balaban J connectivity index is 1.57. The van der Waals surface area contributed by atoms with E-state index in [1.807, 2.05) is 19.1 Å². The molecule has 24 heavy (non-hydrogen) atoms. The van der Waals surface area contributed by atoms with Crippen LogP contribution < -0.4 is 10.9 Å². The second kappa shape index (κ2) is 5.75. The van der Waals surface area contributed by atoms with Gasteiger partial charge in [0.25, 0.3) is 5.56 Å². The molecule has 9 heteroatoms. The number of hydrogen-bond acceptors (Lipinski definition) is 6. The Morgan fingerprint density at radius 3 is 3.17 bits per heavy atom. The van der Waals surface area contributed by atoms with Crippen LogP contribution in [0.2, 0.25) is 0 Å². The van der Waals surface area contributed by atoms with E-state index in [4.69, 9.17) is 0 Å². The molecule has 0 bridgehead atoms. The van der Waals surface area contributed by atoms with E-state index in [1.54, 1.807) is 10.6 Å². The predicted molar refractivity (Wildman–Crippen MR) is 90.1 cm³/mol. The third kappa shape index (κ3) is 2.56. The van der Waals surface area contributed by atoms with Gasteiger partial charge in [-0.1, -0.05) is 17.8 Å². The zero-order valence-electron chi connectivity index (χ0n) is 12.8. The van der Waals surface area contributed by atoms with E-state index in [0.29, 0.717) is 27.8 Å². The standard InChI is InChI=1S/C15H14N6O2S/c1-8-3-2-4-11(17-8)18-12(22)5-9-7-24-15-19-13-10(6-16-20-13)14(23)21(9)15/h2-4,6,9H,5,7H2,1H3,(H,16,20)(H,17,18,22). The number of amides is 1. The molecule has 1 atom stereocenters. The zero-order chi connectivity index (χ0) is 16.7. The first-order valence-electron chi connectivity index (χ1n) is 7.44. The fourth-order valence-corrected chi connectivity index (χ4v) is 3.86. The highest BCUT2D eigenvalue weighted by atomic mass is 32.2. The van der Waals surface area contributed by atoms with Crippen LogP contribution in [0.3, 0.4) is 0 Å². The van der Waals surface area contributed by atoms with Crippen LogP contribution in [0.25, 0.3) is 11.0 Å². The Morgan fingerprint density at radius 1 is 1.46 bits per heavy atom. The molecule has 122 valence electrons. The molecule has 0 aliphatic carbocycles. The molecule has 0 aromatic carbocycles. The number of H-pyrrole nitrogens is 1. The zero-order valence-corrected chi connectivity index (χ0v) is 13.6. The highest BCUT2D eigenvalue weighted by Gasteiger charge is 2.28. The maximum absolute atomic E-state index is 12.6. The number of rotatable bonds is 3. The van der Waals surface area contributed by atoms with Crippen molar-refractivity contribution in [2.24, 2.45) is 0 Å². The number of fused-ring (bicyclic) bond motifs is 2. The van der Waals surface area contributed by atoms with E-state index < -0.39 is 0 Å². The Bertz CT molecular complexity index is 995. The first kappa shape index (κ1) is 14.9. The molecular weight excluding hydrogens is 328 g/mol. The summed E-state index contributed by atoms with van der Waals surface area (Å²) in [4.78, 5) is 33.5. The summed E-state index contributed by atoms with van der Waals surface area (Å²) in [6.45, 7) is 1.86. The van der Waals surface area contributed by atoms with Gasteiger partial charge in [0, 0.05) is 17.9 Å². The number of carbonyl (C=O) groups is 1. The number of aromatic nitrogens is 5. The van der Waals surface area contributed by atoms with E-state index in [0.717, 1.165) is 5.69 Å². The van der Waals surface area contributed by atoms with Gasteiger partial charge in [0.1, 0.15) is 11.2 Å². The molecule has 0 radical (unpaired) electrons. The second-order valence-electron chi connectivity index (χ2n) is 5.58. The summed E-state index contributed by atoms with van der Waals surface area (Å²) in [7, 11) is 0. The van der Waals surface area contributed by atoms with Gasteiger partial charge in [-0.15, -0.1) is 0 Å². The van der Waals surface area contributed by atoms with E-state index in [2.05, 4.69) is 25.5 Å². The molecule has 1 amide bonds. The van der Waals surface area contributed by atoms with Crippen LogP contribution in [0, 0.1) is 6.92 Å². The lowest BCUT2D eigenvalue weighted by Crippen LogP contribution is -2.27. The largest absolute Gasteiger partial charge is 0.311 e. The predicted octanol–water partition coefficient (Wildman–Crippen LogP) is 1.50. The first-order chi connectivity index (χ1) is 11.6. The lowest BCUT2D eigenvalue weighted by molar-refractivity contribution is -0.116. The van der Waals surface area contributed by atoms with Crippen molar-refractivity contribution in [3.8, 4) is 0 Å². The Labute approximate surface area is 140 Å². The fraction of sp³-hybridized carbons (Fsp3) is 0.267. The van der Waals surface area contributed by atoms with Gasteiger partial charge in [0.2, 0.25) is 5.91 Å². The molecular formula is C15H14N6O2S. The van der Waals surface area contributed by atoms with E-state index in [-0.39, 0.29) is 23.9 Å². The molecule has 1 unspecified atom stereocenters. The maximum Gasteiger partial charge on any atom is 0.265 e. The lowest BCUT2D eigenvalue weighted by Gasteiger charge is -2.13. The van der Waals surface area contributed by atoms with Crippen LogP contribution in [0.1, 0.15) is 18.2 Å². The molecule has 3 aromatic rings. The normalized spacial score (nSPS) is 16.3. The van der Waals surface area contributed by atoms with Gasteiger partial charge >= 0.3 is 0 Å². The number of nitrogens with one attached hydrogen (secondary N) is 2. The Hall–Kier alpha value is -2.68. The minimum atomic E-state index is -0.228. The number of aryl methyl sites for hydroxylation is 1. The Kier molecular flexibility index (Phi) is 3.57. The highest BCUT2D eigenvalue weighted by molar-refractivity contribution is 7.99. The van der Waals surface area contributed by atoms with Crippen molar-refractivity contribution < 1.29 is 4.79 Å². The van der Waals surface area contributed by atoms with Crippen molar-refractivity contribution in [1.82, 2.24) is 24.7 Å². The monoisotopic (exact) mass is 342 g/mol. The van der Waals surface area contributed by atoms with Crippen LogP contribution in [-0.2, 0) is 4.79 Å². The van der Waals surface area contributed by atoms with Crippen LogP contribution in [0.15, 0.2) is 34.3 Å². The summed E-state index contributed by atoms with van der Waals surface area (Å²) in [5.74, 6) is 0.976. The maximum atomic E-state index is 12.6. The van der Waals surface area contributed by atoms with Crippen molar-refractivity contribution in [3.63, 3.8) is 0 Å². The molecule has 0 fully saturated rings. The number of nitrogens with zero attached hydrogens (tertiary/aromatic N) is 4. The van der Waals surface area contributed by atoms with Gasteiger partial charge in [-0.25, -0.2) is 9.97 Å². The van der Waals surface area contributed by atoms with E-state index in [9.17, 15) is 9.59 Å². The number of thioether (sulfide) groups is 1. The van der Waals surface area contributed by atoms with Gasteiger partial charge < -0.3 is 5.32 Å². The smallest absolute Gasteiger partial charge is 0.265 e. The van der Waals surface area contributed by atoms with Crippen LogP contribution in [0.5, 0.6) is 0 Å². The van der Waals surface area contributed by atoms with Crippen molar-refractivity contribution in [2.45, 2.75) is 24.5 Å². The minimum absolute atomic E-state index is 0.166. The van der Waals surface area contributed by atoms with Crippen molar-refractivity contribution >= 4 is 34.5 Å². The number of pyridine rings is 1. The molecule has 0 saturated carbocycles. The van der Waals surface area contributed by atoms with Crippen LogP contribution in [0.4, 0.5) is 5.82 Å². The van der Waals surface area contributed by atoms with Crippen LogP contribution >= 0.6 is 11.8 Å². The van der Waals surface area contributed by atoms with Gasteiger partial charge in [0.05, 0.1) is 12.2 Å². The van der Waals surface area contributed by atoms with Gasteiger partial charge in [-0.05, 0) is 19.1 Å². The minimum Gasteiger partial charge on any atom is -0.311 e. The summed E-state index contributed by atoms with van der Waals surface area (Å²) in [5, 5.41) is 10.4. The molecule has 0 saturated heterocycles. The molecule has 0 spiro atoms. The van der Waals surface area contributed by atoms with Crippen LogP contribution in [-0.4, -0.2) is 36.4 Å². The summed E-state index contributed by atoms with van der Waals surface area (Å²) in [5.41, 5.74) is 1.14. The van der Waals surface area contributed by atoms with Crippen molar-refractivity contribution in [1.29, 1.82) is 0 Å². The second-order valence-corrected chi connectivity index (χ2v) is 6.57. The topological polar surface area (TPSA) is 106 Å². The lowest BCUT2D eigenvalue weighted by atomic mass is 10.2. The third-order valence-corrected chi connectivity index (χ3v) is 4.93. The quantitative estimate of drug-likeness (QED) is 0.699. The van der Waals surface area contributed by atoms with E-state index in [1.165, 1.54) is 18.0 Å². The molecule has 4 heterocycles. The third-order valence-electron chi connectivity index (χ3n) is 3.83. The Morgan fingerprint density at radius 2 is 2.33 bits per heavy atom. The van der Waals surface area contributed by atoms with Crippen molar-refractivity contribution in [2.75, 3.05) is 11.1 Å². The average molecular weight is 342 g/mol. The summed E-state index contributed by atoms with van der Waals surface area (Å²) in [6.07, 6.45) is 1.66. The van der Waals surface area contributed by atoms with Gasteiger partial charge in [0.15, 0.2) is 10.8 Å². The number of carbonyl (C=O) groups excluding carboxylic acids is 1. The summed E-state index contributed by atoms with van der Waals surface area (Å²) >= 11 is 1.47. The molecule has 3 aromatic heterocycles. The molecule has 4 rings (SSSR count). The molecule has 1 aliphatic heterocycles. The average Bonchev–Trinajstić information content (AvgIpc) is 3.15. The number of aromatic amines is 1. The van der Waals surface area contributed by atoms with E-state index >= 15 is 0 Å². The number of hydrogen-bond donors (Lipinski definition) is 2. The van der Waals surface area contributed by atoms with Crippen molar-refractivity contribution in [3.05, 3.63) is 40.4 Å². The van der Waals surface area contributed by atoms with Gasteiger partial charge in [-0.2, -0.15) is 5.10 Å². The van der Waals surface area contributed by atoms with Gasteiger partial charge in [-0.3, -0.25) is 19.3 Å².